The zero-order valence-corrected chi connectivity index (χ0v) is 23.3. The van der Waals surface area contributed by atoms with E-state index >= 15 is 0 Å². The topological polar surface area (TPSA) is 101 Å². The van der Waals surface area contributed by atoms with Crippen molar-refractivity contribution in [2.75, 3.05) is 50.1 Å². The van der Waals surface area contributed by atoms with Gasteiger partial charge < -0.3 is 20.2 Å². The Morgan fingerprint density at radius 1 is 1.02 bits per heavy atom. The molecule has 2 aromatic carbocycles. The van der Waals surface area contributed by atoms with Crippen LogP contribution < -0.4 is 15.1 Å². The molecule has 40 heavy (non-hydrogen) atoms. The Labute approximate surface area is 238 Å². The third kappa shape index (κ3) is 5.73. The maximum atomic E-state index is 11.7. The molecule has 1 aliphatic rings. The number of hydrogen-bond acceptors (Lipinski definition) is 7. The number of carbonyl (C=O) groups excluding carboxylic acids is 1. The number of nitrogens with zero attached hydrogens (tertiary/aromatic N) is 5. The molecule has 0 radical (unpaired) electrons. The second-order valence-electron chi connectivity index (χ2n) is 9.79. The van der Waals surface area contributed by atoms with Crippen LogP contribution in [0.5, 0.6) is 5.75 Å². The standard InChI is InChI=1S/C30H30ClN7O2/c1-20-12-24(21-4-5-28(26(31)14-21)38(19-39)11-10-36(2)3)30(40)25(13-20)22-15-27(23-17-33-34-18-23)35-29(16-22)37-8-6-32-7-9-37/h4-5,12-19,32,40H,6-9H2,1-3H3,(H,33,34). The van der Waals surface area contributed by atoms with Gasteiger partial charge in [0.15, 0.2) is 0 Å². The lowest BCUT2D eigenvalue weighted by atomic mass is 9.94. The molecule has 1 aliphatic heterocycles. The molecule has 0 atom stereocenters. The average Bonchev–Trinajstić information content (AvgIpc) is 3.50. The van der Waals surface area contributed by atoms with Gasteiger partial charge in [-0.15, -0.1) is 0 Å². The van der Waals surface area contributed by atoms with Crippen LogP contribution in [-0.2, 0) is 4.79 Å². The number of aryl methyl sites for hydroxylation is 1. The van der Waals surface area contributed by atoms with E-state index in [1.54, 1.807) is 37.3 Å². The molecule has 1 fully saturated rings. The Kier molecular flexibility index (Phi) is 7.91. The Morgan fingerprint density at radius 2 is 1.77 bits per heavy atom. The van der Waals surface area contributed by atoms with Crippen molar-refractivity contribution >= 4 is 29.5 Å². The Hall–Kier alpha value is -4.52. The summed E-state index contributed by atoms with van der Waals surface area (Å²) in [6, 6.07) is 18.7. The van der Waals surface area contributed by atoms with E-state index in [0.717, 1.165) is 54.4 Å². The second kappa shape index (κ2) is 11.7. The van der Waals surface area contributed by atoms with Gasteiger partial charge >= 0.3 is 0 Å². The highest BCUT2D eigenvalue weighted by atomic mass is 35.5. The van der Waals surface area contributed by atoms with Gasteiger partial charge in [0.1, 0.15) is 11.6 Å². The van der Waals surface area contributed by atoms with Crippen LogP contribution in [0.25, 0.3) is 33.5 Å². The monoisotopic (exact) mass is 555 g/mol. The number of rotatable bonds is 6. The lowest BCUT2D eigenvalue weighted by molar-refractivity contribution is -0.106. The van der Waals surface area contributed by atoms with E-state index in [2.05, 4.69) is 32.5 Å². The maximum Gasteiger partial charge on any atom is 0.226 e. The summed E-state index contributed by atoms with van der Waals surface area (Å²) < 4.78 is 0. The third-order valence-electron chi connectivity index (χ3n) is 6.63. The molecule has 1 amide bonds. The molecule has 3 heterocycles. The van der Waals surface area contributed by atoms with Crippen molar-refractivity contribution in [3.05, 3.63) is 65.4 Å². The van der Waals surface area contributed by atoms with Crippen LogP contribution in [0.2, 0.25) is 5.02 Å². The molecule has 0 saturated carbocycles. The summed E-state index contributed by atoms with van der Waals surface area (Å²) in [6.45, 7) is 5.43. The fourth-order valence-electron chi connectivity index (χ4n) is 4.65. The third-order valence-corrected chi connectivity index (χ3v) is 6.93. The summed E-state index contributed by atoms with van der Waals surface area (Å²) in [6.07, 6.45) is 4.17. The molecule has 1 saturated heterocycles. The molecule has 2 aromatic heterocycles. The quantitative estimate of drug-likeness (QED) is 0.185. The number of H-pyrrole nitrogens is 1. The number of pyridine rings is 1. The minimum Gasteiger partial charge on any atom is -0.507 e. The minimum absolute atomic E-state index is 0.129. The number of benzene rings is 2. The highest BCUT2D eigenvalue weighted by Crippen LogP contribution is 2.42. The normalized spacial score (nSPS) is 12.9. The first-order chi connectivity index (χ1) is 19.3. The van der Waals surface area contributed by atoms with E-state index in [0.29, 0.717) is 33.8 Å². The molecule has 4 aromatic rings. The molecule has 204 valence electrons. The van der Waals surface area contributed by atoms with Gasteiger partial charge in [0.2, 0.25) is 6.41 Å². The Morgan fingerprint density at radius 3 is 2.42 bits per heavy atom. The molecule has 0 aliphatic carbocycles. The molecule has 0 bridgehead atoms. The zero-order chi connectivity index (χ0) is 28.2. The molecule has 3 N–H and O–H groups in total. The molecule has 0 unspecified atom stereocenters. The van der Waals surface area contributed by atoms with Crippen LogP contribution in [0.15, 0.2) is 54.9 Å². The molecular formula is C30H30ClN7O2. The highest BCUT2D eigenvalue weighted by Gasteiger charge is 2.19. The fourth-order valence-corrected chi connectivity index (χ4v) is 4.92. The number of phenols is 1. The van der Waals surface area contributed by atoms with Crippen LogP contribution in [0.4, 0.5) is 11.5 Å². The predicted octanol–water partition coefficient (Wildman–Crippen LogP) is 4.33. The number of amides is 1. The molecular weight excluding hydrogens is 526 g/mol. The van der Waals surface area contributed by atoms with E-state index in [9.17, 15) is 9.90 Å². The first kappa shape index (κ1) is 27.1. The largest absolute Gasteiger partial charge is 0.507 e. The van der Waals surface area contributed by atoms with Crippen LogP contribution in [0.1, 0.15) is 5.56 Å². The van der Waals surface area contributed by atoms with E-state index in [4.69, 9.17) is 16.6 Å². The van der Waals surface area contributed by atoms with Gasteiger partial charge in [-0.25, -0.2) is 9.88 Å². The number of aromatic hydroxyl groups is 1. The number of aromatic nitrogens is 3. The maximum absolute atomic E-state index is 11.7. The summed E-state index contributed by atoms with van der Waals surface area (Å²) in [5, 5.41) is 22.3. The van der Waals surface area contributed by atoms with Gasteiger partial charge in [-0.1, -0.05) is 17.7 Å². The number of piperazine rings is 1. The predicted molar refractivity (Wildman–Crippen MR) is 159 cm³/mol. The van der Waals surface area contributed by atoms with Crippen LogP contribution in [0, 0.1) is 19.0 Å². The molecule has 0 spiro atoms. The average molecular weight is 556 g/mol. The van der Waals surface area contributed by atoms with Gasteiger partial charge in [0.25, 0.3) is 0 Å². The molecule has 5 rings (SSSR count). The summed E-state index contributed by atoms with van der Waals surface area (Å²) in [7, 11) is 3.57. The van der Waals surface area contributed by atoms with Crippen molar-refractivity contribution in [3.8, 4) is 51.3 Å². The number of carbonyl (C=O) groups is 1. The summed E-state index contributed by atoms with van der Waals surface area (Å²) >= 11 is 6.61. The van der Waals surface area contributed by atoms with E-state index in [1.165, 1.54) is 4.90 Å². The van der Waals surface area contributed by atoms with E-state index in [-0.39, 0.29) is 5.75 Å². The molecule has 10 heteroatoms. The van der Waals surface area contributed by atoms with Gasteiger partial charge in [-0.3, -0.25) is 9.89 Å². The first-order valence-corrected chi connectivity index (χ1v) is 13.3. The van der Waals surface area contributed by atoms with Crippen molar-refractivity contribution < 1.29 is 9.90 Å². The summed E-state index contributed by atoms with van der Waals surface area (Å²) in [5.41, 5.74) is 5.94. The van der Waals surface area contributed by atoms with Crippen molar-refractivity contribution in [2.45, 2.75) is 6.92 Å². The van der Waals surface area contributed by atoms with Crippen molar-refractivity contribution in [3.63, 3.8) is 0 Å². The number of nitrogens with one attached hydrogen (secondary N) is 2. The van der Waals surface area contributed by atoms with E-state index < -0.39 is 0 Å². The lowest BCUT2D eigenvalue weighted by Gasteiger charge is -2.29. The number of aromatic amines is 1. The molecule has 9 nitrogen and oxygen atoms in total. The summed E-state index contributed by atoms with van der Waals surface area (Å²) in [5.74, 6) is 0.975. The van der Waals surface area contributed by atoms with Gasteiger partial charge in [-0.05, 0) is 60.0 Å². The Bertz CT molecular complexity index is 1590. The number of hydrogen-bond donors (Lipinski definition) is 3. The van der Waals surface area contributed by atoms with Crippen molar-refractivity contribution in [1.82, 2.24) is 25.4 Å². The van der Waals surface area contributed by atoms with Gasteiger partial charge in [0, 0.05) is 75.3 Å². The van der Waals surface area contributed by atoms with Crippen LogP contribution in [0.3, 0.4) is 0 Å². The fraction of sp³-hybridized carbons (Fsp3) is 0.233. The summed E-state index contributed by atoms with van der Waals surface area (Å²) in [4.78, 5) is 21.7. The highest BCUT2D eigenvalue weighted by molar-refractivity contribution is 6.34. The number of anilines is 2. The van der Waals surface area contributed by atoms with Crippen molar-refractivity contribution in [1.29, 1.82) is 0 Å². The van der Waals surface area contributed by atoms with Crippen molar-refractivity contribution in [2.24, 2.45) is 0 Å². The van der Waals surface area contributed by atoms with E-state index in [1.807, 2.05) is 43.5 Å². The van der Waals surface area contributed by atoms with Gasteiger partial charge in [0.05, 0.1) is 22.6 Å². The SMILES string of the molecule is Cc1cc(-c2cc(-c3cn[nH]c3)nc(N3CCNCC3)c2)c(O)c(-c2ccc(N(C#CN(C)C)C=O)c(Cl)c2)c1. The van der Waals surface area contributed by atoms with Crippen LogP contribution >= 0.6 is 11.6 Å². The second-order valence-corrected chi connectivity index (χ2v) is 10.2. The minimum atomic E-state index is 0.129. The first-order valence-electron chi connectivity index (χ1n) is 12.9. The van der Waals surface area contributed by atoms with Gasteiger partial charge in [-0.2, -0.15) is 5.10 Å². The number of halogens is 1. The lowest BCUT2D eigenvalue weighted by Crippen LogP contribution is -2.43. The zero-order valence-electron chi connectivity index (χ0n) is 22.6. The number of phenolic OH excluding ortho intramolecular Hbond substituents is 1. The Balaban J connectivity index is 1.59. The van der Waals surface area contributed by atoms with Crippen LogP contribution in [-0.4, -0.2) is 71.9 Å². The smallest absolute Gasteiger partial charge is 0.226 e.